The Labute approximate surface area is 262 Å². The van der Waals surface area contributed by atoms with Gasteiger partial charge < -0.3 is 10.2 Å². The van der Waals surface area contributed by atoms with Gasteiger partial charge >= 0.3 is 11.9 Å². The minimum absolute atomic E-state index is 0.170. The highest BCUT2D eigenvalue weighted by Gasteiger charge is 2.63. The predicted octanol–water partition coefficient (Wildman–Crippen LogP) is 11.0. The molecular formula is C37H73NO4. The monoisotopic (exact) mass is 596 g/mol. The fourth-order valence-electron chi connectivity index (χ4n) is 7.04. The van der Waals surface area contributed by atoms with Crippen LogP contribution in [0.2, 0.25) is 0 Å². The molecular weight excluding hydrogens is 522 g/mol. The van der Waals surface area contributed by atoms with Gasteiger partial charge in [-0.25, -0.2) is 0 Å². The largest absolute Gasteiger partial charge is 0.481 e. The van der Waals surface area contributed by atoms with Gasteiger partial charge in [-0.05, 0) is 56.4 Å². The third kappa shape index (κ3) is 14.6. The van der Waals surface area contributed by atoms with Gasteiger partial charge in [-0.15, -0.1) is 0 Å². The summed E-state index contributed by atoms with van der Waals surface area (Å²) in [5.41, 5.74) is -2.45. The highest BCUT2D eigenvalue weighted by Crippen LogP contribution is 2.52. The van der Waals surface area contributed by atoms with Crippen molar-refractivity contribution in [2.24, 2.45) is 22.2 Å². The van der Waals surface area contributed by atoms with Crippen LogP contribution in [-0.4, -0.2) is 44.7 Å². The van der Waals surface area contributed by atoms with Crippen LogP contribution in [0.4, 0.5) is 0 Å². The van der Waals surface area contributed by atoms with Gasteiger partial charge in [-0.2, -0.15) is 0 Å². The van der Waals surface area contributed by atoms with E-state index in [0.29, 0.717) is 12.0 Å². The summed E-state index contributed by atoms with van der Waals surface area (Å²) in [7, 11) is 0. The van der Waals surface area contributed by atoms with Crippen molar-refractivity contribution in [3.8, 4) is 0 Å². The normalized spacial score (nSPS) is 15.5. The van der Waals surface area contributed by atoms with Crippen molar-refractivity contribution >= 4 is 11.9 Å². The summed E-state index contributed by atoms with van der Waals surface area (Å²) < 4.78 is 0. The van der Waals surface area contributed by atoms with Crippen LogP contribution < -0.4 is 0 Å². The third-order valence-corrected chi connectivity index (χ3v) is 9.19. The van der Waals surface area contributed by atoms with Crippen LogP contribution in [0.25, 0.3) is 0 Å². The number of hydrogen-bond donors (Lipinski definition) is 2. The molecule has 0 saturated heterocycles. The van der Waals surface area contributed by atoms with Crippen LogP contribution in [0.5, 0.6) is 0 Å². The molecule has 0 aliphatic rings. The molecule has 5 nitrogen and oxygen atoms in total. The number of rotatable bonds is 21. The second-order valence-corrected chi connectivity index (χ2v) is 17.4. The summed E-state index contributed by atoms with van der Waals surface area (Å²) in [6, 6.07) is 0. The Balaban J connectivity index is 4.86. The molecule has 42 heavy (non-hydrogen) atoms. The van der Waals surface area contributed by atoms with E-state index in [1.165, 1.54) is 83.5 Å². The summed E-state index contributed by atoms with van der Waals surface area (Å²) >= 11 is 0. The number of hydrogen-bond acceptors (Lipinski definition) is 3. The number of carboxylic acids is 2. The summed E-state index contributed by atoms with van der Waals surface area (Å²) in [6.45, 7) is 25.7. The smallest absolute Gasteiger partial charge is 0.325 e. The van der Waals surface area contributed by atoms with Crippen LogP contribution in [0.3, 0.4) is 0 Å². The van der Waals surface area contributed by atoms with Gasteiger partial charge in [0.2, 0.25) is 0 Å². The zero-order valence-corrected chi connectivity index (χ0v) is 30.3. The average molecular weight is 596 g/mol. The van der Waals surface area contributed by atoms with Gasteiger partial charge in [0.1, 0.15) is 5.54 Å². The summed E-state index contributed by atoms with van der Waals surface area (Å²) in [5.74, 6) is -2.41. The number of carboxylic acid groups (broad SMARTS) is 2. The summed E-state index contributed by atoms with van der Waals surface area (Å²) in [5, 5.41) is 20.8. The minimum atomic E-state index is -1.33. The quantitative estimate of drug-likeness (QED) is 0.129. The molecule has 0 heterocycles. The van der Waals surface area contributed by atoms with E-state index in [1.807, 2.05) is 41.5 Å². The van der Waals surface area contributed by atoms with E-state index >= 15 is 0 Å². The summed E-state index contributed by atoms with van der Waals surface area (Å²) in [4.78, 5) is 27.6. The highest BCUT2D eigenvalue weighted by atomic mass is 16.4. The van der Waals surface area contributed by atoms with Crippen molar-refractivity contribution in [3.05, 3.63) is 0 Å². The molecule has 2 atom stereocenters. The lowest BCUT2D eigenvalue weighted by atomic mass is 9.56. The van der Waals surface area contributed by atoms with E-state index in [1.54, 1.807) is 0 Å². The van der Waals surface area contributed by atoms with E-state index in [9.17, 15) is 19.8 Å². The van der Waals surface area contributed by atoms with E-state index < -0.39 is 39.8 Å². The molecule has 0 aromatic carbocycles. The molecule has 0 spiro atoms. The van der Waals surface area contributed by atoms with Gasteiger partial charge in [0.15, 0.2) is 0 Å². The average Bonchev–Trinajstić information content (AvgIpc) is 2.78. The molecule has 1 unspecified atom stereocenters. The Morgan fingerprint density at radius 3 is 1.19 bits per heavy atom. The van der Waals surface area contributed by atoms with E-state index in [-0.39, 0.29) is 6.42 Å². The van der Waals surface area contributed by atoms with Gasteiger partial charge in [-0.3, -0.25) is 14.5 Å². The molecule has 250 valence electrons. The highest BCUT2D eigenvalue weighted by molar-refractivity contribution is 5.82. The Bertz CT molecular complexity index is 763. The second kappa shape index (κ2) is 18.0. The van der Waals surface area contributed by atoms with Crippen molar-refractivity contribution < 1.29 is 19.8 Å². The zero-order valence-electron chi connectivity index (χ0n) is 30.3. The van der Waals surface area contributed by atoms with Crippen LogP contribution >= 0.6 is 0 Å². The fourth-order valence-corrected chi connectivity index (χ4v) is 7.04. The second-order valence-electron chi connectivity index (χ2n) is 17.4. The van der Waals surface area contributed by atoms with Gasteiger partial charge in [0, 0.05) is 11.5 Å². The standard InChI is InChI=1S/C37H73NO4/c1-33(2,3)27-25-23-21-19-17-15-13-14-16-18-20-22-24-26-28-38(36(10,11)12)37(32(41)42,35(7,8)9)30(29-31(39)40)34(4,5)6/h30H,13-29H2,1-12H3,(H,39,40)(H,41,42)/t30?,37-/m0/s1. The lowest BCUT2D eigenvalue weighted by Crippen LogP contribution is -2.72. The number of nitrogens with zero attached hydrogens (tertiary/aromatic N) is 1. The molecule has 0 aliphatic heterocycles. The summed E-state index contributed by atoms with van der Waals surface area (Å²) in [6.07, 6.45) is 19.1. The Kier molecular flexibility index (Phi) is 17.5. The maximum Gasteiger partial charge on any atom is 0.325 e. The molecule has 0 amide bonds. The number of aliphatic carboxylic acids is 2. The number of carbonyl (C=O) groups is 2. The molecule has 0 bridgehead atoms. The third-order valence-electron chi connectivity index (χ3n) is 9.19. The first-order valence-electron chi connectivity index (χ1n) is 17.3. The van der Waals surface area contributed by atoms with Crippen molar-refractivity contribution in [1.82, 2.24) is 4.90 Å². The molecule has 0 aliphatic carbocycles. The zero-order chi connectivity index (χ0) is 32.8. The molecule has 0 rings (SSSR count). The van der Waals surface area contributed by atoms with Gasteiger partial charge in [0.25, 0.3) is 0 Å². The number of unbranched alkanes of at least 4 members (excludes halogenated alkanes) is 13. The molecule has 2 N–H and O–H groups in total. The molecule has 5 heteroatoms. The maximum absolute atomic E-state index is 13.4. The maximum atomic E-state index is 13.4. The van der Waals surface area contributed by atoms with Crippen molar-refractivity contribution in [3.63, 3.8) is 0 Å². The van der Waals surface area contributed by atoms with Gasteiger partial charge in [-0.1, -0.05) is 146 Å². The molecule has 0 aromatic rings. The molecule has 0 radical (unpaired) electrons. The molecule has 0 aromatic heterocycles. The van der Waals surface area contributed by atoms with Crippen molar-refractivity contribution in [1.29, 1.82) is 0 Å². The van der Waals surface area contributed by atoms with Crippen LogP contribution in [0.15, 0.2) is 0 Å². The Hall–Kier alpha value is -1.10. The van der Waals surface area contributed by atoms with Crippen LogP contribution in [0.1, 0.15) is 186 Å². The first-order chi connectivity index (χ1) is 19.1. The van der Waals surface area contributed by atoms with E-state index in [4.69, 9.17) is 0 Å². The fraction of sp³-hybridized carbons (Fsp3) is 0.946. The first kappa shape index (κ1) is 40.9. The topological polar surface area (TPSA) is 77.8 Å². The van der Waals surface area contributed by atoms with E-state index in [0.717, 1.165) is 12.8 Å². The Morgan fingerprint density at radius 1 is 0.571 bits per heavy atom. The molecule has 0 fully saturated rings. The Morgan fingerprint density at radius 2 is 0.929 bits per heavy atom. The van der Waals surface area contributed by atoms with Crippen LogP contribution in [-0.2, 0) is 9.59 Å². The lowest BCUT2D eigenvalue weighted by Gasteiger charge is -2.60. The van der Waals surface area contributed by atoms with Crippen molar-refractivity contribution in [2.45, 2.75) is 197 Å². The molecule has 0 saturated carbocycles. The minimum Gasteiger partial charge on any atom is -0.481 e. The predicted molar refractivity (Wildman–Crippen MR) is 180 cm³/mol. The van der Waals surface area contributed by atoms with Gasteiger partial charge in [0.05, 0.1) is 6.42 Å². The first-order valence-corrected chi connectivity index (χ1v) is 17.3. The SMILES string of the molecule is CC(C)(C)CCCCCCCCCCCCCCCCN(C(C)(C)C)[C@](C(=O)O)(C(CC(=O)O)C(C)(C)C)C(C)(C)C. The van der Waals surface area contributed by atoms with E-state index in [2.05, 4.69) is 46.4 Å². The van der Waals surface area contributed by atoms with Crippen molar-refractivity contribution in [2.75, 3.05) is 6.54 Å². The van der Waals surface area contributed by atoms with Crippen LogP contribution in [0, 0.1) is 22.2 Å². The lowest BCUT2D eigenvalue weighted by molar-refractivity contribution is -0.187.